The Morgan fingerprint density at radius 2 is 2.21 bits per heavy atom. The van der Waals surface area contributed by atoms with Crippen molar-refractivity contribution in [2.75, 3.05) is 18.0 Å². The summed E-state index contributed by atoms with van der Waals surface area (Å²) in [5.41, 5.74) is 7.14. The van der Waals surface area contributed by atoms with Crippen LogP contribution in [0.3, 0.4) is 0 Å². The fourth-order valence-corrected chi connectivity index (χ4v) is 1.94. The van der Waals surface area contributed by atoms with Crippen LogP contribution in [0, 0.1) is 11.7 Å². The van der Waals surface area contributed by atoms with Gasteiger partial charge in [0, 0.05) is 30.9 Å². The number of nitrogens with two attached hydrogens (primary N) is 1. The number of rotatable bonds is 2. The Hall–Kier alpha value is -1.09. The highest BCUT2D eigenvalue weighted by Crippen LogP contribution is 2.28. The third-order valence-electron chi connectivity index (χ3n) is 2.70. The van der Waals surface area contributed by atoms with Crippen LogP contribution in [0.25, 0.3) is 0 Å². The summed E-state index contributed by atoms with van der Waals surface area (Å²) in [4.78, 5) is 2.18. The number of nitrogens with zero attached hydrogens (tertiary/aromatic N) is 1. The molecule has 1 saturated heterocycles. The summed E-state index contributed by atoms with van der Waals surface area (Å²) in [6.45, 7) is 4.48. The maximum atomic E-state index is 13.4. The van der Waals surface area contributed by atoms with Crippen molar-refractivity contribution < 1.29 is 4.39 Å². The van der Waals surface area contributed by atoms with Gasteiger partial charge in [-0.2, -0.15) is 0 Å². The van der Waals surface area contributed by atoms with Crippen molar-refractivity contribution in [3.63, 3.8) is 0 Å². The van der Waals surface area contributed by atoms with Gasteiger partial charge in [0.1, 0.15) is 5.82 Å². The van der Waals surface area contributed by atoms with E-state index in [-0.39, 0.29) is 12.4 Å². The third kappa shape index (κ3) is 1.48. The van der Waals surface area contributed by atoms with E-state index in [9.17, 15) is 4.39 Å². The van der Waals surface area contributed by atoms with Crippen molar-refractivity contribution in [1.29, 1.82) is 0 Å². The van der Waals surface area contributed by atoms with Crippen LogP contribution in [-0.2, 0) is 6.54 Å². The van der Waals surface area contributed by atoms with E-state index in [4.69, 9.17) is 5.73 Å². The Morgan fingerprint density at radius 1 is 1.50 bits per heavy atom. The van der Waals surface area contributed by atoms with Crippen molar-refractivity contribution in [3.8, 4) is 0 Å². The molecule has 3 heteroatoms. The molecule has 0 unspecified atom stereocenters. The Labute approximate surface area is 83.5 Å². The maximum Gasteiger partial charge on any atom is 0.129 e. The average molecular weight is 194 g/mol. The number of benzene rings is 1. The SMILES string of the molecule is CC1CN(c2cccc(F)c2CN)C1. The molecule has 0 amide bonds. The lowest BCUT2D eigenvalue weighted by Crippen LogP contribution is -2.45. The molecule has 0 aliphatic carbocycles. The van der Waals surface area contributed by atoms with Crippen LogP contribution >= 0.6 is 0 Å². The smallest absolute Gasteiger partial charge is 0.129 e. The first-order valence-electron chi connectivity index (χ1n) is 4.94. The highest BCUT2D eigenvalue weighted by molar-refractivity contribution is 5.55. The van der Waals surface area contributed by atoms with Gasteiger partial charge in [-0.1, -0.05) is 13.0 Å². The average Bonchev–Trinajstić information content (AvgIpc) is 2.13. The molecule has 1 aromatic carbocycles. The lowest BCUT2D eigenvalue weighted by atomic mass is 10.00. The van der Waals surface area contributed by atoms with Crippen molar-refractivity contribution in [2.45, 2.75) is 13.5 Å². The van der Waals surface area contributed by atoms with E-state index in [1.54, 1.807) is 6.07 Å². The predicted molar refractivity (Wildman–Crippen MR) is 55.7 cm³/mol. The summed E-state index contributed by atoms with van der Waals surface area (Å²) >= 11 is 0. The minimum Gasteiger partial charge on any atom is -0.371 e. The summed E-state index contributed by atoms with van der Waals surface area (Å²) in [6.07, 6.45) is 0. The zero-order valence-electron chi connectivity index (χ0n) is 8.33. The molecule has 0 aromatic heterocycles. The highest BCUT2D eigenvalue weighted by Gasteiger charge is 2.24. The van der Waals surface area contributed by atoms with Crippen LogP contribution in [0.4, 0.5) is 10.1 Å². The normalized spacial score (nSPS) is 16.9. The summed E-state index contributed by atoms with van der Waals surface area (Å²) in [6, 6.07) is 5.15. The summed E-state index contributed by atoms with van der Waals surface area (Å²) in [5.74, 6) is 0.522. The molecular formula is C11H15FN2. The maximum absolute atomic E-state index is 13.4. The van der Waals surface area contributed by atoms with E-state index < -0.39 is 0 Å². The predicted octanol–water partition coefficient (Wildman–Crippen LogP) is 1.74. The Morgan fingerprint density at radius 3 is 2.79 bits per heavy atom. The van der Waals surface area contributed by atoms with Crippen LogP contribution in [0.5, 0.6) is 0 Å². The number of hydrogen-bond donors (Lipinski definition) is 1. The third-order valence-corrected chi connectivity index (χ3v) is 2.70. The Bertz CT molecular complexity index is 332. The molecular weight excluding hydrogens is 179 g/mol. The molecule has 0 atom stereocenters. The minimum absolute atomic E-state index is 0.190. The molecule has 76 valence electrons. The van der Waals surface area contributed by atoms with Gasteiger partial charge in [-0.25, -0.2) is 4.39 Å². The van der Waals surface area contributed by atoms with Gasteiger partial charge in [0.25, 0.3) is 0 Å². The van der Waals surface area contributed by atoms with Crippen LogP contribution in [0.1, 0.15) is 12.5 Å². The van der Waals surface area contributed by atoms with Crippen LogP contribution in [0.15, 0.2) is 18.2 Å². The molecule has 0 spiro atoms. The van der Waals surface area contributed by atoms with Gasteiger partial charge in [0.05, 0.1) is 0 Å². The molecule has 14 heavy (non-hydrogen) atoms. The quantitative estimate of drug-likeness (QED) is 0.777. The van der Waals surface area contributed by atoms with Crippen molar-refractivity contribution >= 4 is 5.69 Å². The first-order valence-corrected chi connectivity index (χ1v) is 4.94. The van der Waals surface area contributed by atoms with E-state index in [1.165, 1.54) is 6.07 Å². The van der Waals surface area contributed by atoms with Gasteiger partial charge < -0.3 is 10.6 Å². The second kappa shape index (κ2) is 3.58. The first kappa shape index (κ1) is 9.46. The van der Waals surface area contributed by atoms with E-state index in [0.29, 0.717) is 11.5 Å². The van der Waals surface area contributed by atoms with Crippen LogP contribution in [-0.4, -0.2) is 13.1 Å². The minimum atomic E-state index is -0.190. The van der Waals surface area contributed by atoms with Crippen LogP contribution < -0.4 is 10.6 Å². The van der Waals surface area contributed by atoms with Gasteiger partial charge >= 0.3 is 0 Å². The van der Waals surface area contributed by atoms with Gasteiger partial charge in [-0.3, -0.25) is 0 Å². The number of anilines is 1. The summed E-state index contributed by atoms with van der Waals surface area (Å²) < 4.78 is 13.4. The number of halogens is 1. The zero-order valence-corrected chi connectivity index (χ0v) is 8.33. The van der Waals surface area contributed by atoms with Crippen molar-refractivity contribution in [3.05, 3.63) is 29.6 Å². The summed E-state index contributed by atoms with van der Waals surface area (Å²) in [5, 5.41) is 0. The Kier molecular flexibility index (Phi) is 2.42. The molecule has 0 radical (unpaired) electrons. The highest BCUT2D eigenvalue weighted by atomic mass is 19.1. The molecule has 2 rings (SSSR count). The molecule has 1 heterocycles. The van der Waals surface area contributed by atoms with Gasteiger partial charge in [-0.15, -0.1) is 0 Å². The largest absolute Gasteiger partial charge is 0.371 e. The van der Waals surface area contributed by atoms with Gasteiger partial charge in [-0.05, 0) is 18.1 Å². The summed E-state index contributed by atoms with van der Waals surface area (Å²) in [7, 11) is 0. The van der Waals surface area contributed by atoms with Gasteiger partial charge in [0.15, 0.2) is 0 Å². The van der Waals surface area contributed by atoms with Crippen molar-refractivity contribution in [1.82, 2.24) is 0 Å². The Balaban J connectivity index is 2.28. The molecule has 1 aliphatic heterocycles. The van der Waals surface area contributed by atoms with E-state index in [1.807, 2.05) is 6.07 Å². The molecule has 1 aromatic rings. The molecule has 2 nitrogen and oxygen atoms in total. The van der Waals surface area contributed by atoms with Crippen molar-refractivity contribution in [2.24, 2.45) is 11.7 Å². The van der Waals surface area contributed by atoms with E-state index in [0.717, 1.165) is 18.8 Å². The lowest BCUT2D eigenvalue weighted by molar-refractivity contribution is 0.444. The first-order chi connectivity index (χ1) is 6.72. The zero-order chi connectivity index (χ0) is 10.1. The lowest BCUT2D eigenvalue weighted by Gasteiger charge is -2.40. The standard InChI is InChI=1S/C11H15FN2/c1-8-6-14(7-8)11-4-2-3-10(12)9(11)5-13/h2-4,8H,5-7,13H2,1H3. The fourth-order valence-electron chi connectivity index (χ4n) is 1.94. The van der Waals surface area contributed by atoms with Gasteiger partial charge in [0.2, 0.25) is 0 Å². The molecule has 1 fully saturated rings. The molecule has 1 aliphatic rings. The molecule has 2 N–H and O–H groups in total. The van der Waals surface area contributed by atoms with E-state index in [2.05, 4.69) is 11.8 Å². The molecule has 0 saturated carbocycles. The molecule has 0 bridgehead atoms. The fraction of sp³-hybridized carbons (Fsp3) is 0.455. The topological polar surface area (TPSA) is 29.3 Å². The number of hydrogen-bond acceptors (Lipinski definition) is 2. The van der Waals surface area contributed by atoms with E-state index >= 15 is 0 Å². The second-order valence-electron chi connectivity index (χ2n) is 3.95. The monoisotopic (exact) mass is 194 g/mol. The van der Waals surface area contributed by atoms with Crippen LogP contribution in [0.2, 0.25) is 0 Å². The second-order valence-corrected chi connectivity index (χ2v) is 3.95.